The van der Waals surface area contributed by atoms with Gasteiger partial charge in [-0.05, 0) is 45.1 Å². The van der Waals surface area contributed by atoms with Gasteiger partial charge in [0.05, 0.1) is 24.4 Å². The Hall–Kier alpha value is -2.47. The Morgan fingerprint density at radius 1 is 1.32 bits per heavy atom. The molecular weight excluding hydrogens is 316 g/mol. The lowest BCUT2D eigenvalue weighted by Gasteiger charge is -2.24. The molecule has 1 aromatic heterocycles. The molecule has 25 heavy (non-hydrogen) atoms. The summed E-state index contributed by atoms with van der Waals surface area (Å²) < 4.78 is 5.35. The molecule has 132 valence electrons. The van der Waals surface area contributed by atoms with Crippen molar-refractivity contribution >= 4 is 5.91 Å². The first-order valence-electron chi connectivity index (χ1n) is 8.50. The first-order valence-corrected chi connectivity index (χ1v) is 8.50. The fourth-order valence-corrected chi connectivity index (χ4v) is 3.24. The SMILES string of the molecule is COc1ccccc1C(=O)N1CCC[C@@H]1c1nccc(CN(C)C)n1. The zero-order valence-electron chi connectivity index (χ0n) is 15.0. The number of benzene rings is 1. The van der Waals surface area contributed by atoms with Gasteiger partial charge in [-0.25, -0.2) is 9.97 Å². The second kappa shape index (κ2) is 7.61. The third-order valence-electron chi connectivity index (χ3n) is 4.36. The number of likely N-dealkylation sites (tertiary alicyclic amines) is 1. The molecule has 0 spiro atoms. The second-order valence-electron chi connectivity index (χ2n) is 6.50. The number of amides is 1. The fourth-order valence-electron chi connectivity index (χ4n) is 3.24. The van der Waals surface area contributed by atoms with Crippen molar-refractivity contribution in [3.8, 4) is 5.75 Å². The molecule has 1 fully saturated rings. The average molecular weight is 340 g/mol. The number of hydrogen-bond acceptors (Lipinski definition) is 5. The molecule has 2 aromatic rings. The van der Waals surface area contributed by atoms with Gasteiger partial charge in [-0.2, -0.15) is 0 Å². The fraction of sp³-hybridized carbons (Fsp3) is 0.421. The minimum atomic E-state index is -0.0838. The van der Waals surface area contributed by atoms with Crippen LogP contribution in [0.3, 0.4) is 0 Å². The van der Waals surface area contributed by atoms with E-state index in [-0.39, 0.29) is 11.9 Å². The van der Waals surface area contributed by atoms with E-state index in [1.54, 1.807) is 19.4 Å². The number of methoxy groups -OCH3 is 1. The van der Waals surface area contributed by atoms with Crippen molar-refractivity contribution in [2.24, 2.45) is 0 Å². The van der Waals surface area contributed by atoms with Crippen LogP contribution in [0.25, 0.3) is 0 Å². The lowest BCUT2D eigenvalue weighted by Crippen LogP contribution is -2.32. The summed E-state index contributed by atoms with van der Waals surface area (Å²) in [6.07, 6.45) is 3.62. The highest BCUT2D eigenvalue weighted by Gasteiger charge is 2.33. The normalized spacial score (nSPS) is 17.1. The standard InChI is InChI=1S/C19H24N4O2/c1-22(2)13-14-10-11-20-18(21-14)16-8-6-12-23(16)19(24)15-7-4-5-9-17(15)25-3/h4-5,7,9-11,16H,6,8,12-13H2,1-3H3/t16-/m1/s1. The summed E-state index contributed by atoms with van der Waals surface area (Å²) in [5.41, 5.74) is 1.55. The van der Waals surface area contributed by atoms with Gasteiger partial charge in [0.25, 0.3) is 5.91 Å². The first kappa shape index (κ1) is 17.4. The van der Waals surface area contributed by atoms with Crippen molar-refractivity contribution in [3.63, 3.8) is 0 Å². The largest absolute Gasteiger partial charge is 0.496 e. The minimum Gasteiger partial charge on any atom is -0.496 e. The van der Waals surface area contributed by atoms with E-state index in [4.69, 9.17) is 4.74 Å². The first-order chi connectivity index (χ1) is 12.1. The van der Waals surface area contributed by atoms with Crippen molar-refractivity contribution in [3.05, 3.63) is 53.6 Å². The maximum Gasteiger partial charge on any atom is 0.258 e. The summed E-state index contributed by atoms with van der Waals surface area (Å²) in [7, 11) is 5.60. The van der Waals surface area contributed by atoms with Gasteiger partial charge in [0, 0.05) is 19.3 Å². The summed E-state index contributed by atoms with van der Waals surface area (Å²) in [6.45, 7) is 1.46. The Kier molecular flexibility index (Phi) is 5.28. The van der Waals surface area contributed by atoms with Gasteiger partial charge in [-0.1, -0.05) is 12.1 Å². The van der Waals surface area contributed by atoms with Crippen LogP contribution in [0.1, 0.15) is 40.8 Å². The molecule has 0 N–H and O–H groups in total. The van der Waals surface area contributed by atoms with Gasteiger partial charge >= 0.3 is 0 Å². The Balaban J connectivity index is 1.86. The van der Waals surface area contributed by atoms with Gasteiger partial charge in [-0.15, -0.1) is 0 Å². The summed E-state index contributed by atoms with van der Waals surface area (Å²) >= 11 is 0. The Labute approximate surface area is 148 Å². The van der Waals surface area contributed by atoms with Crippen LogP contribution in [0, 0.1) is 0 Å². The molecule has 1 saturated heterocycles. The van der Waals surface area contributed by atoms with Gasteiger partial charge < -0.3 is 14.5 Å². The molecule has 2 heterocycles. The zero-order valence-corrected chi connectivity index (χ0v) is 15.0. The lowest BCUT2D eigenvalue weighted by atomic mass is 10.1. The summed E-state index contributed by atoms with van der Waals surface area (Å²) in [4.78, 5) is 26.1. The molecule has 1 aliphatic rings. The monoisotopic (exact) mass is 340 g/mol. The quantitative estimate of drug-likeness (QED) is 0.837. The number of hydrogen-bond donors (Lipinski definition) is 0. The number of nitrogens with zero attached hydrogens (tertiary/aromatic N) is 4. The van der Waals surface area contributed by atoms with E-state index >= 15 is 0 Å². The van der Waals surface area contributed by atoms with Crippen molar-refractivity contribution in [2.75, 3.05) is 27.7 Å². The molecule has 1 aromatic carbocycles. The molecule has 6 heteroatoms. The maximum absolute atomic E-state index is 13.1. The number of rotatable bonds is 5. The highest BCUT2D eigenvalue weighted by molar-refractivity contribution is 5.97. The van der Waals surface area contributed by atoms with E-state index in [9.17, 15) is 4.79 Å². The van der Waals surface area contributed by atoms with Crippen LogP contribution in [-0.2, 0) is 6.54 Å². The molecule has 0 bridgehead atoms. The predicted octanol–water partition coefficient (Wildman–Crippen LogP) is 2.52. The van der Waals surface area contributed by atoms with Crippen molar-refractivity contribution in [2.45, 2.75) is 25.4 Å². The predicted molar refractivity (Wildman–Crippen MR) is 95.4 cm³/mol. The van der Waals surface area contributed by atoms with E-state index in [1.807, 2.05) is 43.3 Å². The number of carbonyl (C=O) groups is 1. The van der Waals surface area contributed by atoms with Crippen LogP contribution in [0.4, 0.5) is 0 Å². The van der Waals surface area contributed by atoms with Crippen molar-refractivity contribution in [1.29, 1.82) is 0 Å². The number of aromatic nitrogens is 2. The Morgan fingerprint density at radius 2 is 2.12 bits per heavy atom. The van der Waals surface area contributed by atoms with E-state index in [0.29, 0.717) is 17.9 Å². The van der Waals surface area contributed by atoms with E-state index in [0.717, 1.165) is 30.9 Å². The van der Waals surface area contributed by atoms with Crippen molar-refractivity contribution < 1.29 is 9.53 Å². The number of para-hydroxylation sites is 1. The van der Waals surface area contributed by atoms with E-state index in [2.05, 4.69) is 14.9 Å². The van der Waals surface area contributed by atoms with Crippen molar-refractivity contribution in [1.82, 2.24) is 19.8 Å². The smallest absolute Gasteiger partial charge is 0.258 e. The average Bonchev–Trinajstić information content (AvgIpc) is 3.10. The minimum absolute atomic E-state index is 0.0263. The van der Waals surface area contributed by atoms with Crippen LogP contribution in [0.2, 0.25) is 0 Å². The topological polar surface area (TPSA) is 58.6 Å². The van der Waals surface area contributed by atoms with Gasteiger partial charge in [0.15, 0.2) is 5.82 Å². The molecule has 1 aliphatic heterocycles. The van der Waals surface area contributed by atoms with Crippen LogP contribution >= 0.6 is 0 Å². The van der Waals surface area contributed by atoms with Gasteiger partial charge in [-0.3, -0.25) is 4.79 Å². The molecule has 3 rings (SSSR count). The van der Waals surface area contributed by atoms with Crippen LogP contribution in [0.15, 0.2) is 36.5 Å². The molecule has 1 amide bonds. The Morgan fingerprint density at radius 3 is 2.88 bits per heavy atom. The second-order valence-corrected chi connectivity index (χ2v) is 6.50. The summed E-state index contributed by atoms with van der Waals surface area (Å²) in [5, 5.41) is 0. The molecule has 0 radical (unpaired) electrons. The Bertz CT molecular complexity index is 748. The van der Waals surface area contributed by atoms with Crippen LogP contribution in [0.5, 0.6) is 5.75 Å². The maximum atomic E-state index is 13.1. The third-order valence-corrected chi connectivity index (χ3v) is 4.36. The van der Waals surface area contributed by atoms with Crippen LogP contribution < -0.4 is 4.74 Å². The molecule has 1 atom stereocenters. The highest BCUT2D eigenvalue weighted by atomic mass is 16.5. The lowest BCUT2D eigenvalue weighted by molar-refractivity contribution is 0.0726. The zero-order chi connectivity index (χ0) is 17.8. The van der Waals surface area contributed by atoms with E-state index in [1.165, 1.54) is 0 Å². The van der Waals surface area contributed by atoms with E-state index < -0.39 is 0 Å². The molecule has 0 unspecified atom stereocenters. The third kappa shape index (κ3) is 3.79. The van der Waals surface area contributed by atoms with Crippen LogP contribution in [-0.4, -0.2) is 53.4 Å². The highest BCUT2D eigenvalue weighted by Crippen LogP contribution is 2.32. The summed E-state index contributed by atoms with van der Waals surface area (Å²) in [6, 6.07) is 9.18. The number of carbonyl (C=O) groups excluding carboxylic acids is 1. The molecule has 0 saturated carbocycles. The number of ether oxygens (including phenoxy) is 1. The molecule has 0 aliphatic carbocycles. The van der Waals surface area contributed by atoms with Gasteiger partial charge in [0.1, 0.15) is 5.75 Å². The molecule has 6 nitrogen and oxygen atoms in total. The van der Waals surface area contributed by atoms with Gasteiger partial charge in [0.2, 0.25) is 0 Å². The summed E-state index contributed by atoms with van der Waals surface area (Å²) in [5.74, 6) is 1.29. The molecular formula is C19H24N4O2.